The van der Waals surface area contributed by atoms with Gasteiger partial charge in [-0.05, 0) is 18.2 Å². The summed E-state index contributed by atoms with van der Waals surface area (Å²) in [7, 11) is 0. The number of rotatable bonds is 2. The first kappa shape index (κ1) is 10.1. The van der Waals surface area contributed by atoms with E-state index in [-0.39, 0.29) is 5.57 Å². The number of fused-ring (bicyclic) bond motifs is 1. The van der Waals surface area contributed by atoms with E-state index in [4.69, 9.17) is 10.5 Å². The van der Waals surface area contributed by atoms with Gasteiger partial charge in [0.25, 0.3) is 0 Å². The van der Waals surface area contributed by atoms with Crippen molar-refractivity contribution in [3.8, 4) is 12.1 Å². The fourth-order valence-corrected chi connectivity index (χ4v) is 1.63. The summed E-state index contributed by atoms with van der Waals surface area (Å²) >= 11 is 1.15. The minimum atomic E-state index is 0.0245. The van der Waals surface area contributed by atoms with Crippen LogP contribution in [0.25, 0.3) is 11.0 Å². The number of allylic oxidation sites excluding steroid dienone is 1. The Hall–Kier alpha value is -2.44. The Morgan fingerprint density at radius 1 is 1.25 bits per heavy atom. The van der Waals surface area contributed by atoms with Crippen molar-refractivity contribution in [1.29, 1.82) is 10.5 Å². The van der Waals surface area contributed by atoms with Gasteiger partial charge in [-0.15, -0.1) is 0 Å². The first-order valence-corrected chi connectivity index (χ1v) is 5.06. The highest BCUT2D eigenvalue weighted by atomic mass is 32.1. The van der Waals surface area contributed by atoms with Crippen LogP contribution in [0.2, 0.25) is 0 Å². The van der Waals surface area contributed by atoms with Crippen molar-refractivity contribution in [1.82, 2.24) is 8.75 Å². The van der Waals surface area contributed by atoms with E-state index in [1.807, 2.05) is 18.2 Å². The molecule has 16 heavy (non-hydrogen) atoms. The first-order chi connectivity index (χ1) is 7.83. The molecule has 1 aromatic heterocycles. The van der Waals surface area contributed by atoms with Crippen molar-refractivity contribution in [2.75, 3.05) is 5.32 Å². The Morgan fingerprint density at radius 2 is 2.00 bits per heavy atom. The average Bonchev–Trinajstić information content (AvgIpc) is 2.77. The van der Waals surface area contributed by atoms with Gasteiger partial charge in [0.2, 0.25) is 0 Å². The van der Waals surface area contributed by atoms with Crippen LogP contribution in [0.1, 0.15) is 0 Å². The van der Waals surface area contributed by atoms with Gasteiger partial charge in [-0.3, -0.25) is 0 Å². The zero-order valence-electron chi connectivity index (χ0n) is 8.01. The van der Waals surface area contributed by atoms with Crippen molar-refractivity contribution in [2.24, 2.45) is 0 Å². The first-order valence-electron chi connectivity index (χ1n) is 4.32. The van der Waals surface area contributed by atoms with E-state index in [0.29, 0.717) is 0 Å². The van der Waals surface area contributed by atoms with Crippen molar-refractivity contribution in [3.05, 3.63) is 30.0 Å². The Morgan fingerprint density at radius 3 is 2.75 bits per heavy atom. The second-order valence-electron chi connectivity index (χ2n) is 2.89. The molecule has 1 heterocycles. The monoisotopic (exact) mass is 227 g/mol. The third-order valence-corrected chi connectivity index (χ3v) is 2.43. The maximum atomic E-state index is 8.54. The summed E-state index contributed by atoms with van der Waals surface area (Å²) in [4.78, 5) is 0. The molecule has 0 aliphatic carbocycles. The highest BCUT2D eigenvalue weighted by molar-refractivity contribution is 7.00. The van der Waals surface area contributed by atoms with Crippen LogP contribution in [0.5, 0.6) is 0 Å². The normalized spacial score (nSPS) is 9.12. The van der Waals surface area contributed by atoms with Gasteiger partial charge in [0.05, 0.1) is 11.7 Å². The fraction of sp³-hybridized carbons (Fsp3) is 0. The molecule has 0 amide bonds. The summed E-state index contributed by atoms with van der Waals surface area (Å²) in [6, 6.07) is 8.98. The minimum absolute atomic E-state index is 0.0245. The van der Waals surface area contributed by atoms with E-state index < -0.39 is 0 Å². The quantitative estimate of drug-likeness (QED) is 0.793. The van der Waals surface area contributed by atoms with Gasteiger partial charge in [-0.25, -0.2) is 0 Å². The maximum Gasteiger partial charge on any atom is 0.145 e. The van der Waals surface area contributed by atoms with Gasteiger partial charge in [0.1, 0.15) is 28.7 Å². The van der Waals surface area contributed by atoms with E-state index in [2.05, 4.69) is 14.1 Å². The Bertz CT molecular complexity index is 612. The van der Waals surface area contributed by atoms with Crippen LogP contribution in [0.3, 0.4) is 0 Å². The minimum Gasteiger partial charge on any atom is -0.360 e. The molecule has 6 heteroatoms. The Labute approximate surface area is 95.6 Å². The summed E-state index contributed by atoms with van der Waals surface area (Å²) in [5.41, 5.74) is 2.42. The Kier molecular flexibility index (Phi) is 2.77. The van der Waals surface area contributed by atoms with Crippen LogP contribution in [0.15, 0.2) is 30.0 Å². The van der Waals surface area contributed by atoms with E-state index in [1.54, 1.807) is 12.1 Å². The van der Waals surface area contributed by atoms with Gasteiger partial charge >= 0.3 is 0 Å². The highest BCUT2D eigenvalue weighted by Gasteiger charge is 1.99. The molecule has 1 N–H and O–H groups in total. The molecule has 0 saturated carbocycles. The van der Waals surface area contributed by atoms with Gasteiger partial charge in [0.15, 0.2) is 0 Å². The molecule has 0 saturated heterocycles. The Balaban J connectivity index is 2.26. The fourth-order valence-electron chi connectivity index (χ4n) is 1.12. The second-order valence-corrected chi connectivity index (χ2v) is 3.42. The van der Waals surface area contributed by atoms with Crippen molar-refractivity contribution < 1.29 is 0 Å². The molecule has 2 rings (SSSR count). The zero-order valence-corrected chi connectivity index (χ0v) is 8.82. The number of aromatic nitrogens is 2. The van der Waals surface area contributed by atoms with Crippen molar-refractivity contribution in [2.45, 2.75) is 0 Å². The van der Waals surface area contributed by atoms with Gasteiger partial charge in [-0.2, -0.15) is 19.3 Å². The van der Waals surface area contributed by atoms with Gasteiger partial charge < -0.3 is 5.32 Å². The molecule has 76 valence electrons. The molecule has 0 spiro atoms. The number of benzene rings is 1. The molecule has 0 atom stereocenters. The number of hydrogen-bond acceptors (Lipinski definition) is 6. The lowest BCUT2D eigenvalue weighted by Crippen LogP contribution is -1.89. The molecule has 2 aromatic rings. The van der Waals surface area contributed by atoms with Crippen molar-refractivity contribution in [3.63, 3.8) is 0 Å². The lowest BCUT2D eigenvalue weighted by Gasteiger charge is -1.98. The summed E-state index contributed by atoms with van der Waals surface area (Å²) in [6.45, 7) is 0. The lowest BCUT2D eigenvalue weighted by atomic mass is 10.2. The number of anilines is 1. The maximum absolute atomic E-state index is 8.54. The van der Waals surface area contributed by atoms with Crippen LogP contribution in [0, 0.1) is 22.7 Å². The third-order valence-electron chi connectivity index (χ3n) is 1.88. The smallest absolute Gasteiger partial charge is 0.145 e. The second kappa shape index (κ2) is 4.39. The standard InChI is InChI=1S/C10H5N5S/c11-4-7(5-12)6-13-8-1-2-9-10(3-8)15-16-14-9/h1-3,6,13H. The van der Waals surface area contributed by atoms with Gasteiger partial charge in [-0.1, -0.05) is 0 Å². The largest absolute Gasteiger partial charge is 0.360 e. The van der Waals surface area contributed by atoms with Crippen LogP contribution in [-0.2, 0) is 0 Å². The molecule has 0 fully saturated rings. The molecule has 1 aromatic carbocycles. The van der Waals surface area contributed by atoms with Crippen molar-refractivity contribution >= 4 is 28.4 Å². The third kappa shape index (κ3) is 1.97. The van der Waals surface area contributed by atoms with Crippen LogP contribution in [-0.4, -0.2) is 8.75 Å². The summed E-state index contributed by atoms with van der Waals surface area (Å²) < 4.78 is 8.16. The SMILES string of the molecule is N#CC(C#N)=CNc1ccc2nsnc2c1. The van der Waals surface area contributed by atoms with E-state index in [9.17, 15) is 0 Å². The molecule has 0 aliphatic heterocycles. The van der Waals surface area contributed by atoms with E-state index >= 15 is 0 Å². The molecule has 0 radical (unpaired) electrons. The van der Waals surface area contributed by atoms with Crippen LogP contribution >= 0.6 is 11.7 Å². The van der Waals surface area contributed by atoms with Gasteiger partial charge in [0, 0.05) is 11.9 Å². The lowest BCUT2D eigenvalue weighted by molar-refractivity contribution is 1.44. The number of hydrogen-bond donors (Lipinski definition) is 1. The summed E-state index contributed by atoms with van der Waals surface area (Å²) in [6.07, 6.45) is 1.36. The topological polar surface area (TPSA) is 85.4 Å². The predicted octanol–water partition coefficient (Wildman–Crippen LogP) is 2.03. The average molecular weight is 227 g/mol. The molecule has 0 unspecified atom stereocenters. The number of nitriles is 2. The highest BCUT2D eigenvalue weighted by Crippen LogP contribution is 2.17. The van der Waals surface area contributed by atoms with Crippen LogP contribution in [0.4, 0.5) is 5.69 Å². The van der Waals surface area contributed by atoms with E-state index in [1.165, 1.54) is 6.20 Å². The molecule has 5 nitrogen and oxygen atoms in total. The molecule has 0 aliphatic rings. The predicted molar refractivity (Wildman–Crippen MR) is 60.3 cm³/mol. The summed E-state index contributed by atoms with van der Waals surface area (Å²) in [5, 5.41) is 19.9. The summed E-state index contributed by atoms with van der Waals surface area (Å²) in [5.74, 6) is 0. The number of nitrogens with one attached hydrogen (secondary N) is 1. The van der Waals surface area contributed by atoms with E-state index in [0.717, 1.165) is 28.4 Å². The molecular formula is C10H5N5S. The number of nitrogens with zero attached hydrogens (tertiary/aromatic N) is 4. The van der Waals surface area contributed by atoms with Crippen LogP contribution < -0.4 is 5.32 Å². The molecule has 0 bridgehead atoms. The zero-order chi connectivity index (χ0) is 11.4. The molecular weight excluding hydrogens is 222 g/mol.